The van der Waals surface area contributed by atoms with Gasteiger partial charge in [-0.3, -0.25) is 9.59 Å². The fourth-order valence-electron chi connectivity index (χ4n) is 5.88. The summed E-state index contributed by atoms with van der Waals surface area (Å²) in [5, 5.41) is 11.8. The van der Waals surface area contributed by atoms with Gasteiger partial charge in [-0.15, -0.1) is 0 Å². The van der Waals surface area contributed by atoms with Crippen LogP contribution < -0.4 is 16.0 Å². The van der Waals surface area contributed by atoms with E-state index in [9.17, 15) is 9.59 Å². The van der Waals surface area contributed by atoms with E-state index in [4.69, 9.17) is 4.98 Å². The third-order valence-electron chi connectivity index (χ3n) is 8.13. The number of hydrogen-bond donors (Lipinski definition) is 3. The number of fused-ring (bicyclic) bond motifs is 2. The van der Waals surface area contributed by atoms with Crippen molar-refractivity contribution in [3.63, 3.8) is 0 Å². The van der Waals surface area contributed by atoms with Crippen molar-refractivity contribution in [3.8, 4) is 0 Å². The van der Waals surface area contributed by atoms with Gasteiger partial charge in [0.05, 0.1) is 16.7 Å². The fraction of sp³-hybridized carbons (Fsp3) is 0.531. The van der Waals surface area contributed by atoms with Crippen LogP contribution in [0, 0.1) is 0 Å². The van der Waals surface area contributed by atoms with E-state index in [0.29, 0.717) is 12.8 Å². The average Bonchev–Trinajstić information content (AvgIpc) is 3.67. The number of benzene rings is 2. The largest absolute Gasteiger partial charge is 0.384 e. The van der Waals surface area contributed by atoms with E-state index in [2.05, 4.69) is 44.7 Å². The van der Waals surface area contributed by atoms with Crippen LogP contribution in [-0.4, -0.2) is 98.0 Å². The van der Waals surface area contributed by atoms with E-state index < -0.39 is 0 Å². The van der Waals surface area contributed by atoms with Crippen LogP contribution in [0.3, 0.4) is 0 Å². The molecule has 2 amide bonds. The predicted molar refractivity (Wildman–Crippen MR) is 169 cm³/mol. The highest BCUT2D eigenvalue weighted by Crippen LogP contribution is 2.34. The van der Waals surface area contributed by atoms with Gasteiger partial charge in [0.1, 0.15) is 0 Å². The number of pyridine rings is 1. The molecule has 1 aromatic heterocycles. The Kier molecular flexibility index (Phi) is 10.0. The van der Waals surface area contributed by atoms with Gasteiger partial charge in [-0.1, -0.05) is 0 Å². The molecule has 41 heavy (non-hydrogen) atoms. The van der Waals surface area contributed by atoms with Crippen LogP contribution in [0.4, 0.5) is 17.1 Å². The molecular formula is C32H45N7O2. The fourth-order valence-corrected chi connectivity index (χ4v) is 5.88. The summed E-state index contributed by atoms with van der Waals surface area (Å²) in [5.41, 5.74) is 4.22. The van der Waals surface area contributed by atoms with E-state index in [1.165, 1.54) is 25.7 Å². The monoisotopic (exact) mass is 559 g/mol. The zero-order valence-electron chi connectivity index (χ0n) is 24.7. The van der Waals surface area contributed by atoms with Crippen LogP contribution in [-0.2, 0) is 9.59 Å². The molecule has 2 aliphatic rings. The number of aromatic nitrogens is 1. The number of amides is 2. The van der Waals surface area contributed by atoms with Gasteiger partial charge in [-0.2, -0.15) is 0 Å². The van der Waals surface area contributed by atoms with E-state index in [1.807, 2.05) is 36.4 Å². The Labute approximate surface area is 243 Å². The first kappa shape index (κ1) is 29.2. The maximum absolute atomic E-state index is 12.7. The minimum absolute atomic E-state index is 0.0317. The number of carbonyl (C=O) groups excluding carboxylic acids is 2. The second-order valence-corrected chi connectivity index (χ2v) is 11.7. The molecule has 220 valence electrons. The quantitative estimate of drug-likeness (QED) is 0.208. The number of anilines is 3. The van der Waals surface area contributed by atoms with Gasteiger partial charge >= 0.3 is 0 Å². The zero-order chi connectivity index (χ0) is 28.6. The number of carbonyl (C=O) groups is 2. The van der Waals surface area contributed by atoms with Crippen molar-refractivity contribution < 1.29 is 9.59 Å². The first-order valence-corrected chi connectivity index (χ1v) is 15.3. The number of rotatable bonds is 13. The smallest absolute Gasteiger partial charge is 0.225 e. The van der Waals surface area contributed by atoms with Gasteiger partial charge in [0.25, 0.3) is 0 Å². The van der Waals surface area contributed by atoms with Crippen LogP contribution in [0.5, 0.6) is 0 Å². The minimum Gasteiger partial charge on any atom is -0.384 e. The maximum Gasteiger partial charge on any atom is 0.225 e. The van der Waals surface area contributed by atoms with E-state index in [1.54, 1.807) is 0 Å². The predicted octanol–water partition coefficient (Wildman–Crippen LogP) is 4.60. The normalized spacial score (nSPS) is 16.2. The molecule has 2 saturated heterocycles. The summed E-state index contributed by atoms with van der Waals surface area (Å²) in [5.74, 6) is 0.0693. The highest BCUT2D eigenvalue weighted by molar-refractivity contribution is 6.10. The second kappa shape index (κ2) is 14.1. The van der Waals surface area contributed by atoms with E-state index in [-0.39, 0.29) is 11.8 Å². The van der Waals surface area contributed by atoms with Crippen LogP contribution in [0.15, 0.2) is 36.4 Å². The van der Waals surface area contributed by atoms with Gasteiger partial charge in [0.2, 0.25) is 11.8 Å². The minimum atomic E-state index is 0.0317. The topological polar surface area (TPSA) is 92.8 Å². The number of nitrogens with one attached hydrogen (secondary N) is 3. The van der Waals surface area contributed by atoms with Crippen molar-refractivity contribution >= 4 is 50.7 Å². The third-order valence-corrected chi connectivity index (χ3v) is 8.13. The first-order valence-electron chi connectivity index (χ1n) is 15.3. The highest BCUT2D eigenvalue weighted by Gasteiger charge is 2.16. The molecule has 0 radical (unpaired) electrons. The highest BCUT2D eigenvalue weighted by atomic mass is 16.2. The second-order valence-electron chi connectivity index (χ2n) is 11.7. The molecule has 2 aliphatic heterocycles. The van der Waals surface area contributed by atoms with Crippen molar-refractivity contribution in [1.29, 1.82) is 0 Å². The Hall–Kier alpha value is -3.27. The molecule has 0 bridgehead atoms. The van der Waals surface area contributed by atoms with Crippen LogP contribution in [0.2, 0.25) is 0 Å². The summed E-state index contributed by atoms with van der Waals surface area (Å²) >= 11 is 0. The Balaban J connectivity index is 1.34. The van der Waals surface area contributed by atoms with Gasteiger partial charge in [-0.05, 0) is 115 Å². The Morgan fingerprint density at radius 3 is 1.98 bits per heavy atom. The molecule has 3 aromatic rings. The lowest BCUT2D eigenvalue weighted by Gasteiger charge is -2.17. The van der Waals surface area contributed by atoms with E-state index in [0.717, 1.165) is 97.6 Å². The summed E-state index contributed by atoms with van der Waals surface area (Å²) in [6.07, 6.45) is 6.89. The van der Waals surface area contributed by atoms with Crippen molar-refractivity contribution in [2.24, 2.45) is 0 Å². The molecule has 2 fully saturated rings. The molecule has 0 saturated carbocycles. The van der Waals surface area contributed by atoms with Gasteiger partial charge in [0, 0.05) is 54.6 Å². The summed E-state index contributed by atoms with van der Waals surface area (Å²) in [4.78, 5) is 37.2. The van der Waals surface area contributed by atoms with Crippen LogP contribution in [0.1, 0.15) is 44.9 Å². The SMILES string of the molecule is CN(C)CCCNc1c2ccc(NC(=O)CCN3CCCC3)cc2nc2ccc(NC(=O)CCN3CCCC3)cc12. The van der Waals surface area contributed by atoms with Crippen LogP contribution >= 0.6 is 0 Å². The molecule has 9 heteroatoms. The summed E-state index contributed by atoms with van der Waals surface area (Å²) in [7, 11) is 4.16. The summed E-state index contributed by atoms with van der Waals surface area (Å²) < 4.78 is 0. The molecule has 0 atom stereocenters. The lowest BCUT2D eigenvalue weighted by atomic mass is 10.1. The third kappa shape index (κ3) is 8.15. The molecule has 5 rings (SSSR count). The van der Waals surface area contributed by atoms with Gasteiger partial charge < -0.3 is 30.7 Å². The molecule has 3 heterocycles. The van der Waals surface area contributed by atoms with Crippen molar-refractivity contribution in [2.75, 3.05) is 82.4 Å². The lowest BCUT2D eigenvalue weighted by molar-refractivity contribution is -0.117. The molecule has 0 aliphatic carbocycles. The van der Waals surface area contributed by atoms with Crippen molar-refractivity contribution in [1.82, 2.24) is 19.7 Å². The molecule has 0 spiro atoms. The van der Waals surface area contributed by atoms with Crippen molar-refractivity contribution in [3.05, 3.63) is 36.4 Å². The molecule has 0 unspecified atom stereocenters. The molecule has 2 aromatic carbocycles. The lowest BCUT2D eigenvalue weighted by Crippen LogP contribution is -2.25. The Morgan fingerprint density at radius 1 is 0.780 bits per heavy atom. The average molecular weight is 560 g/mol. The zero-order valence-corrected chi connectivity index (χ0v) is 24.7. The number of hydrogen-bond acceptors (Lipinski definition) is 7. The maximum atomic E-state index is 12.7. The first-order chi connectivity index (χ1) is 19.9. The Bertz CT molecular complexity index is 1350. The molecule has 3 N–H and O–H groups in total. The number of nitrogens with zero attached hydrogens (tertiary/aromatic N) is 4. The Morgan fingerprint density at radius 2 is 1.37 bits per heavy atom. The van der Waals surface area contributed by atoms with E-state index >= 15 is 0 Å². The van der Waals surface area contributed by atoms with Gasteiger partial charge in [0.15, 0.2) is 0 Å². The van der Waals surface area contributed by atoms with Gasteiger partial charge in [-0.25, -0.2) is 4.98 Å². The van der Waals surface area contributed by atoms with Crippen LogP contribution in [0.25, 0.3) is 21.8 Å². The molecule has 9 nitrogen and oxygen atoms in total. The van der Waals surface area contributed by atoms with Crippen molar-refractivity contribution in [2.45, 2.75) is 44.9 Å². The molecular weight excluding hydrogens is 514 g/mol. The number of likely N-dealkylation sites (tertiary alicyclic amines) is 2. The standard InChI is InChI=1S/C32H45N7O2/c1-37(2)15-7-14-33-32-26-10-8-25(35-31(41)13-21-39-18-5-6-19-39)23-29(26)36-28-11-9-24(22-27(28)32)34-30(40)12-20-38-16-3-4-17-38/h8-11,22-23H,3-7,12-21H2,1-2H3,(H,33,36)(H,34,40)(H,35,41). The summed E-state index contributed by atoms with van der Waals surface area (Å²) in [6, 6.07) is 11.9. The summed E-state index contributed by atoms with van der Waals surface area (Å²) in [6.45, 7) is 7.78.